The average molecular weight is 496 g/mol. The third-order valence-electron chi connectivity index (χ3n) is 5.09. The van der Waals surface area contributed by atoms with Gasteiger partial charge >= 0.3 is 12.1 Å². The average Bonchev–Trinajstić information content (AvgIpc) is 2.81. The molecule has 0 radical (unpaired) electrons. The monoisotopic (exact) mass is 496 g/mol. The molecule has 0 unspecified atom stereocenters. The van der Waals surface area contributed by atoms with Gasteiger partial charge in [0.15, 0.2) is 0 Å². The van der Waals surface area contributed by atoms with Gasteiger partial charge < -0.3 is 31.0 Å². The maximum atomic E-state index is 13.1. The molecule has 0 aromatic heterocycles. The molecule has 3 amide bonds. The fourth-order valence-electron chi connectivity index (χ4n) is 3.17. The van der Waals surface area contributed by atoms with Crippen LogP contribution in [-0.4, -0.2) is 78.7 Å². The smallest absolute Gasteiger partial charge is 0.378 e. The van der Waals surface area contributed by atoms with Crippen LogP contribution < -0.4 is 16.0 Å². The molecule has 1 aliphatic rings. The van der Waals surface area contributed by atoms with Crippen LogP contribution >= 0.6 is 0 Å². The van der Waals surface area contributed by atoms with Crippen molar-refractivity contribution in [2.24, 2.45) is 0 Å². The molecule has 1 aliphatic heterocycles. The predicted octanol–water partition coefficient (Wildman–Crippen LogP) is 1.18. The van der Waals surface area contributed by atoms with Gasteiger partial charge in [0.05, 0.1) is 19.3 Å². The van der Waals surface area contributed by atoms with E-state index in [9.17, 15) is 27.6 Å². The number of nitrogens with zero attached hydrogens (tertiary/aromatic N) is 1. The van der Waals surface area contributed by atoms with Crippen molar-refractivity contribution in [3.63, 3.8) is 0 Å². The number of amides is 3. The van der Waals surface area contributed by atoms with Gasteiger partial charge in [-0.15, -0.1) is 0 Å². The van der Waals surface area contributed by atoms with Crippen LogP contribution in [0.1, 0.15) is 29.8 Å². The largest absolute Gasteiger partial charge is 0.471 e. The molecule has 1 fully saturated rings. The molecule has 0 spiro atoms. The summed E-state index contributed by atoms with van der Waals surface area (Å²) in [7, 11) is 0. The van der Waals surface area contributed by atoms with Gasteiger partial charge in [0.25, 0.3) is 5.91 Å². The molecular weight excluding hydrogens is 469 g/mol. The summed E-state index contributed by atoms with van der Waals surface area (Å²) in [4.78, 5) is 38.2. The Hall–Kier alpha value is -3.74. The highest BCUT2D eigenvalue weighted by molar-refractivity contribution is 6.08. The lowest BCUT2D eigenvalue weighted by Gasteiger charge is -2.40. The number of ether oxygens (including phenoxy) is 1. The van der Waals surface area contributed by atoms with Gasteiger partial charge in [-0.25, -0.2) is 0 Å². The maximum absolute atomic E-state index is 13.1. The molecule has 1 heterocycles. The molecule has 1 atom stereocenters. The van der Waals surface area contributed by atoms with Crippen LogP contribution in [0, 0.1) is 10.8 Å². The Morgan fingerprint density at radius 2 is 1.80 bits per heavy atom. The summed E-state index contributed by atoms with van der Waals surface area (Å²) in [6.07, 6.45) is -1.09. The Balaban J connectivity index is 1.99. The lowest BCUT2D eigenvalue weighted by atomic mass is 10.0. The number of carbonyl (C=O) groups excluding carboxylic acids is 3. The van der Waals surface area contributed by atoms with E-state index in [2.05, 4.69) is 10.6 Å². The van der Waals surface area contributed by atoms with Crippen LogP contribution in [0.4, 0.5) is 13.2 Å². The first-order valence-corrected chi connectivity index (χ1v) is 10.5. The van der Waals surface area contributed by atoms with Crippen LogP contribution in [0.15, 0.2) is 36.5 Å². The fraction of sp³-hybridized carbons (Fsp3) is 0.409. The van der Waals surface area contributed by atoms with E-state index in [1.807, 2.05) is 0 Å². The van der Waals surface area contributed by atoms with Gasteiger partial charge in [-0.3, -0.25) is 19.8 Å². The fourth-order valence-corrected chi connectivity index (χ4v) is 3.17. The van der Waals surface area contributed by atoms with E-state index in [4.69, 9.17) is 15.6 Å². The minimum Gasteiger partial charge on any atom is -0.378 e. The molecule has 1 aromatic carbocycles. The van der Waals surface area contributed by atoms with E-state index in [0.29, 0.717) is 13.2 Å². The van der Waals surface area contributed by atoms with Gasteiger partial charge in [0.2, 0.25) is 5.91 Å². The topological polar surface area (TPSA) is 147 Å². The Morgan fingerprint density at radius 3 is 2.40 bits per heavy atom. The number of allylic oxidation sites excluding steroid dienone is 1. The van der Waals surface area contributed by atoms with E-state index in [1.54, 1.807) is 18.7 Å². The van der Waals surface area contributed by atoms with Gasteiger partial charge in [-0.2, -0.15) is 13.2 Å². The Kier molecular flexibility index (Phi) is 9.12. The number of benzene rings is 1. The molecule has 35 heavy (non-hydrogen) atoms. The summed E-state index contributed by atoms with van der Waals surface area (Å²) < 4.78 is 42.5. The lowest BCUT2D eigenvalue weighted by molar-refractivity contribution is -0.171. The van der Waals surface area contributed by atoms with E-state index < -0.39 is 35.4 Å². The molecule has 5 N–H and O–H groups in total. The summed E-state index contributed by atoms with van der Waals surface area (Å²) in [5.74, 6) is -3.72. The van der Waals surface area contributed by atoms with Crippen LogP contribution in [0.5, 0.6) is 0 Å². The van der Waals surface area contributed by atoms with Crippen molar-refractivity contribution < 1.29 is 32.3 Å². The van der Waals surface area contributed by atoms with Crippen molar-refractivity contribution in [2.75, 3.05) is 26.3 Å². The minimum atomic E-state index is -5.12. The first-order chi connectivity index (χ1) is 16.4. The summed E-state index contributed by atoms with van der Waals surface area (Å²) >= 11 is 0. The van der Waals surface area contributed by atoms with E-state index in [1.165, 1.54) is 41.9 Å². The molecule has 0 bridgehead atoms. The number of rotatable bonds is 8. The molecule has 1 saturated heterocycles. The van der Waals surface area contributed by atoms with Crippen molar-refractivity contribution in [3.05, 3.63) is 47.7 Å². The second-order valence-corrected chi connectivity index (χ2v) is 8.14. The Bertz CT molecular complexity index is 992. The first kappa shape index (κ1) is 27.5. The van der Waals surface area contributed by atoms with Crippen LogP contribution in [0.2, 0.25) is 0 Å². The quantitative estimate of drug-likeness (QED) is 0.271. The predicted molar refractivity (Wildman–Crippen MR) is 121 cm³/mol. The zero-order chi connectivity index (χ0) is 26.2. The molecule has 190 valence electrons. The summed E-state index contributed by atoms with van der Waals surface area (Å²) in [5, 5.41) is 21.7. The number of hydrogen-bond acceptors (Lipinski definition) is 7. The van der Waals surface area contributed by atoms with Crippen molar-refractivity contribution >= 4 is 29.8 Å². The maximum Gasteiger partial charge on any atom is 0.471 e. The van der Waals surface area contributed by atoms with Gasteiger partial charge in [0.1, 0.15) is 11.4 Å². The number of hydrogen-bond donors (Lipinski definition) is 5. The highest BCUT2D eigenvalue weighted by Crippen LogP contribution is 2.16. The summed E-state index contributed by atoms with van der Waals surface area (Å²) in [6.45, 7) is 4.39. The van der Waals surface area contributed by atoms with E-state index >= 15 is 0 Å². The van der Waals surface area contributed by atoms with E-state index in [-0.39, 0.29) is 30.2 Å². The number of morpholine rings is 1. The highest BCUT2D eigenvalue weighted by atomic mass is 19.4. The molecule has 10 nitrogen and oxygen atoms in total. The molecular formula is C22H27F3N6O4. The third kappa shape index (κ3) is 7.64. The number of halogens is 3. The molecule has 13 heteroatoms. The van der Waals surface area contributed by atoms with Crippen LogP contribution in [-0.2, 0) is 14.3 Å². The number of carbonyl (C=O) groups is 3. The van der Waals surface area contributed by atoms with Gasteiger partial charge in [-0.1, -0.05) is 12.1 Å². The summed E-state index contributed by atoms with van der Waals surface area (Å²) in [6, 6.07) is 4.66. The van der Waals surface area contributed by atoms with Crippen molar-refractivity contribution in [2.45, 2.75) is 31.6 Å². The first-order valence-electron chi connectivity index (χ1n) is 10.5. The highest BCUT2D eigenvalue weighted by Gasteiger charge is 2.39. The van der Waals surface area contributed by atoms with Gasteiger partial charge in [0, 0.05) is 30.4 Å². The van der Waals surface area contributed by atoms with Gasteiger partial charge in [-0.05, 0) is 38.3 Å². The normalized spacial score (nSPS) is 16.5. The van der Waals surface area contributed by atoms with Crippen LogP contribution in [0.3, 0.4) is 0 Å². The zero-order valence-corrected chi connectivity index (χ0v) is 19.2. The van der Waals surface area contributed by atoms with E-state index in [0.717, 1.165) is 6.21 Å². The summed E-state index contributed by atoms with van der Waals surface area (Å²) in [5.41, 5.74) is -0.790. The standard InChI is InChI=1S/C22H27F3N6O4/c1-21(2,29-9-3-8-26)20(34)31-10-11-35-13-16(31)12-28-18(32)15-6-4-14(5-7-15)17(27)30-19(33)22(23,24)25/h3-9,16,26,29H,10-13H2,1-2H3,(H,28,32)(H2,27,30,33)/b9-3-,26-8?/t16-/m0/s1. The lowest BCUT2D eigenvalue weighted by Crippen LogP contribution is -2.61. The molecule has 0 saturated carbocycles. The van der Waals surface area contributed by atoms with Crippen molar-refractivity contribution in [1.29, 1.82) is 10.8 Å². The number of alkyl halides is 3. The molecule has 1 aromatic rings. The van der Waals surface area contributed by atoms with Crippen molar-refractivity contribution in [1.82, 2.24) is 20.9 Å². The SMILES string of the molecule is CC(C)(N/C=C\C=N)C(=O)N1CCOC[C@@H]1CNC(=O)c1ccc(C(=N)NC(=O)C(F)(F)F)cc1. The number of nitrogens with one attached hydrogen (secondary N) is 5. The zero-order valence-electron chi connectivity index (χ0n) is 19.2. The minimum absolute atomic E-state index is 0.0107. The Labute approximate surface area is 199 Å². The third-order valence-corrected chi connectivity index (χ3v) is 5.09. The second kappa shape index (κ2) is 11.6. The van der Waals surface area contributed by atoms with Crippen molar-refractivity contribution in [3.8, 4) is 0 Å². The molecule has 2 rings (SSSR count). The number of amidine groups is 1. The second-order valence-electron chi connectivity index (χ2n) is 8.14. The molecule has 0 aliphatic carbocycles. The Morgan fingerprint density at radius 1 is 1.17 bits per heavy atom. The van der Waals surface area contributed by atoms with Crippen LogP contribution in [0.25, 0.3) is 0 Å².